The van der Waals surface area contributed by atoms with Crippen LogP contribution in [0.4, 0.5) is 0 Å². The Morgan fingerprint density at radius 3 is 2.68 bits per heavy atom. The van der Waals surface area contributed by atoms with Gasteiger partial charge in [0.05, 0.1) is 0 Å². The van der Waals surface area contributed by atoms with Crippen molar-refractivity contribution < 1.29 is 4.79 Å². The van der Waals surface area contributed by atoms with Gasteiger partial charge in [0.2, 0.25) is 5.91 Å². The number of rotatable bonds is 5. The minimum absolute atomic E-state index is 0.0462. The van der Waals surface area contributed by atoms with E-state index in [4.69, 9.17) is 0 Å². The predicted octanol–water partition coefficient (Wildman–Crippen LogP) is 1.56. The minimum Gasteiger partial charge on any atom is -0.356 e. The predicted molar refractivity (Wildman–Crippen MR) is 75.0 cm³/mol. The molecule has 0 aromatic carbocycles. The zero-order valence-electron chi connectivity index (χ0n) is 12.2. The highest BCUT2D eigenvalue weighted by molar-refractivity contribution is 5.75. The van der Waals surface area contributed by atoms with E-state index in [0.717, 1.165) is 6.42 Å². The van der Waals surface area contributed by atoms with Crippen molar-refractivity contribution in [3.63, 3.8) is 0 Å². The number of amides is 1. The van der Waals surface area contributed by atoms with Gasteiger partial charge in [0.15, 0.2) is 0 Å². The van der Waals surface area contributed by atoms with Crippen LogP contribution in [0.15, 0.2) is 10.9 Å². The number of hydrogen-bond acceptors (Lipinski definition) is 3. The molecule has 0 fully saturated rings. The summed E-state index contributed by atoms with van der Waals surface area (Å²) >= 11 is 0. The molecule has 0 unspecified atom stereocenters. The van der Waals surface area contributed by atoms with Gasteiger partial charge in [0.1, 0.15) is 5.82 Å². The van der Waals surface area contributed by atoms with E-state index in [1.165, 1.54) is 6.07 Å². The Morgan fingerprint density at radius 2 is 2.11 bits per heavy atom. The Hall–Kier alpha value is -1.65. The van der Waals surface area contributed by atoms with Crippen molar-refractivity contribution in [3.05, 3.63) is 27.9 Å². The normalized spacial score (nSPS) is 11.4. The van der Waals surface area contributed by atoms with Gasteiger partial charge in [-0.25, -0.2) is 4.98 Å². The molecule has 5 heteroatoms. The van der Waals surface area contributed by atoms with E-state index in [0.29, 0.717) is 30.9 Å². The van der Waals surface area contributed by atoms with Crippen LogP contribution in [0.25, 0.3) is 0 Å². The molecule has 0 aliphatic carbocycles. The average molecular weight is 265 g/mol. The van der Waals surface area contributed by atoms with E-state index in [1.807, 2.05) is 0 Å². The van der Waals surface area contributed by atoms with Crippen LogP contribution in [-0.2, 0) is 11.2 Å². The number of aromatic nitrogens is 2. The van der Waals surface area contributed by atoms with Crippen LogP contribution in [-0.4, -0.2) is 22.4 Å². The third kappa shape index (κ3) is 6.74. The maximum Gasteiger partial charge on any atom is 0.251 e. The molecule has 0 spiro atoms. The Labute approximate surface area is 113 Å². The third-order valence-electron chi connectivity index (χ3n) is 2.70. The van der Waals surface area contributed by atoms with Gasteiger partial charge >= 0.3 is 0 Å². The standard InChI is InChI=1S/C14H23N3O2/c1-10-9-13(19)17-11(16-10)6-8-15-12(18)5-7-14(2,3)4/h9H,5-8H2,1-4H3,(H,15,18)(H,16,17,19). The molecule has 2 N–H and O–H groups in total. The molecule has 1 aromatic heterocycles. The average Bonchev–Trinajstić information content (AvgIpc) is 2.24. The molecule has 0 bridgehead atoms. The van der Waals surface area contributed by atoms with E-state index in [1.54, 1.807) is 6.92 Å². The third-order valence-corrected chi connectivity index (χ3v) is 2.70. The lowest BCUT2D eigenvalue weighted by molar-refractivity contribution is -0.121. The maximum atomic E-state index is 11.6. The summed E-state index contributed by atoms with van der Waals surface area (Å²) in [5.41, 5.74) is 0.708. The molecule has 1 amide bonds. The molecular weight excluding hydrogens is 242 g/mol. The highest BCUT2D eigenvalue weighted by atomic mass is 16.1. The number of aromatic amines is 1. The van der Waals surface area contributed by atoms with Crippen molar-refractivity contribution >= 4 is 5.91 Å². The van der Waals surface area contributed by atoms with Crippen molar-refractivity contribution in [3.8, 4) is 0 Å². The minimum atomic E-state index is -0.151. The summed E-state index contributed by atoms with van der Waals surface area (Å²) in [6.07, 6.45) is 1.93. The number of nitrogens with zero attached hydrogens (tertiary/aromatic N) is 1. The van der Waals surface area contributed by atoms with Gasteiger partial charge in [-0.2, -0.15) is 0 Å². The van der Waals surface area contributed by atoms with E-state index >= 15 is 0 Å². The highest BCUT2D eigenvalue weighted by Crippen LogP contribution is 2.20. The monoisotopic (exact) mass is 265 g/mol. The lowest BCUT2D eigenvalue weighted by Crippen LogP contribution is -2.27. The molecule has 1 aromatic rings. The number of carbonyl (C=O) groups is 1. The van der Waals surface area contributed by atoms with E-state index in [9.17, 15) is 9.59 Å². The molecule has 1 heterocycles. The van der Waals surface area contributed by atoms with E-state index < -0.39 is 0 Å². The summed E-state index contributed by atoms with van der Waals surface area (Å²) < 4.78 is 0. The first-order chi connectivity index (χ1) is 8.76. The van der Waals surface area contributed by atoms with Crippen molar-refractivity contribution in [1.29, 1.82) is 0 Å². The summed E-state index contributed by atoms with van der Waals surface area (Å²) in [6, 6.07) is 1.45. The van der Waals surface area contributed by atoms with Crippen molar-refractivity contribution in [2.24, 2.45) is 5.41 Å². The number of H-pyrrole nitrogens is 1. The highest BCUT2D eigenvalue weighted by Gasteiger charge is 2.12. The Bertz CT molecular complexity index is 486. The fraction of sp³-hybridized carbons (Fsp3) is 0.643. The van der Waals surface area contributed by atoms with Crippen LogP contribution < -0.4 is 10.9 Å². The lowest BCUT2D eigenvalue weighted by Gasteiger charge is -2.17. The first kappa shape index (κ1) is 15.4. The molecule has 19 heavy (non-hydrogen) atoms. The topological polar surface area (TPSA) is 74.8 Å². The van der Waals surface area contributed by atoms with Crippen LogP contribution in [0.3, 0.4) is 0 Å². The SMILES string of the molecule is Cc1cc(=O)[nH]c(CCNC(=O)CCC(C)(C)C)n1. The van der Waals surface area contributed by atoms with Crippen molar-refractivity contribution in [2.45, 2.75) is 47.0 Å². The zero-order valence-corrected chi connectivity index (χ0v) is 12.2. The van der Waals surface area contributed by atoms with Crippen molar-refractivity contribution in [1.82, 2.24) is 15.3 Å². The van der Waals surface area contributed by atoms with Crippen LogP contribution in [0.1, 0.15) is 45.1 Å². The summed E-state index contributed by atoms with van der Waals surface area (Å²) in [7, 11) is 0. The second kappa shape index (κ2) is 6.50. The van der Waals surface area contributed by atoms with E-state index in [2.05, 4.69) is 36.1 Å². The van der Waals surface area contributed by atoms with Crippen LogP contribution in [0, 0.1) is 12.3 Å². The molecular formula is C14H23N3O2. The van der Waals surface area contributed by atoms with Gasteiger partial charge in [0, 0.05) is 31.1 Å². The molecule has 1 rings (SSSR count). The summed E-state index contributed by atoms with van der Waals surface area (Å²) in [5.74, 6) is 0.658. The molecule has 0 radical (unpaired) electrons. The molecule has 0 aliphatic heterocycles. The smallest absolute Gasteiger partial charge is 0.251 e. The summed E-state index contributed by atoms with van der Waals surface area (Å²) in [5, 5.41) is 2.84. The van der Waals surface area contributed by atoms with Gasteiger partial charge in [0.25, 0.3) is 5.56 Å². The quantitative estimate of drug-likeness (QED) is 0.848. The maximum absolute atomic E-state index is 11.6. The summed E-state index contributed by atoms with van der Waals surface area (Å²) in [4.78, 5) is 29.7. The fourth-order valence-corrected chi connectivity index (χ4v) is 1.66. The largest absolute Gasteiger partial charge is 0.356 e. The second-order valence-corrected chi connectivity index (χ2v) is 5.99. The van der Waals surface area contributed by atoms with Gasteiger partial charge < -0.3 is 10.3 Å². The Morgan fingerprint density at radius 1 is 1.42 bits per heavy atom. The van der Waals surface area contributed by atoms with Gasteiger partial charge in [-0.3, -0.25) is 9.59 Å². The number of carbonyl (C=O) groups excluding carboxylic acids is 1. The molecule has 0 atom stereocenters. The van der Waals surface area contributed by atoms with E-state index in [-0.39, 0.29) is 16.9 Å². The number of hydrogen-bond donors (Lipinski definition) is 2. The number of nitrogens with one attached hydrogen (secondary N) is 2. The van der Waals surface area contributed by atoms with Crippen molar-refractivity contribution in [2.75, 3.05) is 6.54 Å². The van der Waals surface area contributed by atoms with Crippen LogP contribution in [0.2, 0.25) is 0 Å². The molecule has 106 valence electrons. The zero-order chi connectivity index (χ0) is 14.5. The first-order valence-corrected chi connectivity index (χ1v) is 6.60. The lowest BCUT2D eigenvalue weighted by atomic mass is 9.90. The second-order valence-electron chi connectivity index (χ2n) is 5.99. The van der Waals surface area contributed by atoms with Gasteiger partial charge in [-0.15, -0.1) is 0 Å². The van der Waals surface area contributed by atoms with Gasteiger partial charge in [-0.05, 0) is 18.8 Å². The first-order valence-electron chi connectivity index (χ1n) is 6.60. The van der Waals surface area contributed by atoms with Gasteiger partial charge in [-0.1, -0.05) is 20.8 Å². The Balaban J connectivity index is 2.34. The summed E-state index contributed by atoms with van der Waals surface area (Å²) in [6.45, 7) is 8.61. The number of aryl methyl sites for hydroxylation is 1. The molecule has 0 saturated carbocycles. The van der Waals surface area contributed by atoms with Crippen LogP contribution in [0.5, 0.6) is 0 Å². The Kier molecular flexibility index (Phi) is 5.27. The fourth-order valence-electron chi connectivity index (χ4n) is 1.66. The molecule has 5 nitrogen and oxygen atoms in total. The molecule has 0 saturated heterocycles. The van der Waals surface area contributed by atoms with Crippen LogP contribution >= 0.6 is 0 Å². The molecule has 0 aliphatic rings.